The number of amides is 1. The SMILES string of the molecule is Cc1ccnc(Cl)c1NC(=O)Cc1ccc(N)cn1. The molecule has 0 aliphatic heterocycles. The standard InChI is InChI=1S/C13H13ClN4O/c1-8-4-5-16-13(14)12(8)18-11(19)6-10-3-2-9(15)7-17-10/h2-5,7H,6,15H2,1H3,(H,18,19). The second kappa shape index (κ2) is 5.67. The van der Waals surface area contributed by atoms with Crippen LogP contribution in [0.3, 0.4) is 0 Å². The summed E-state index contributed by atoms with van der Waals surface area (Å²) >= 11 is 5.94. The molecule has 0 aliphatic rings. The zero-order valence-electron chi connectivity index (χ0n) is 10.4. The maximum atomic E-state index is 11.9. The monoisotopic (exact) mass is 276 g/mol. The Morgan fingerprint density at radius 1 is 1.37 bits per heavy atom. The van der Waals surface area contributed by atoms with Crippen LogP contribution in [-0.4, -0.2) is 15.9 Å². The smallest absolute Gasteiger partial charge is 0.230 e. The van der Waals surface area contributed by atoms with Gasteiger partial charge in [-0.05, 0) is 30.7 Å². The summed E-state index contributed by atoms with van der Waals surface area (Å²) in [6, 6.07) is 5.20. The van der Waals surface area contributed by atoms with Gasteiger partial charge in [0.05, 0.1) is 24.0 Å². The number of carbonyl (C=O) groups excluding carboxylic acids is 1. The number of rotatable bonds is 3. The summed E-state index contributed by atoms with van der Waals surface area (Å²) in [6.07, 6.45) is 3.27. The van der Waals surface area contributed by atoms with Crippen LogP contribution in [-0.2, 0) is 11.2 Å². The fourth-order valence-electron chi connectivity index (χ4n) is 1.56. The number of nitrogens with zero attached hydrogens (tertiary/aromatic N) is 2. The third kappa shape index (κ3) is 3.42. The molecular formula is C13H13ClN4O. The molecule has 2 aromatic heterocycles. The van der Waals surface area contributed by atoms with Crippen LogP contribution < -0.4 is 11.1 Å². The van der Waals surface area contributed by atoms with Crippen molar-refractivity contribution in [1.29, 1.82) is 0 Å². The van der Waals surface area contributed by atoms with Gasteiger partial charge in [0, 0.05) is 11.9 Å². The molecule has 6 heteroatoms. The highest BCUT2D eigenvalue weighted by Crippen LogP contribution is 2.22. The summed E-state index contributed by atoms with van der Waals surface area (Å²) in [7, 11) is 0. The van der Waals surface area contributed by atoms with Gasteiger partial charge in [0.1, 0.15) is 0 Å². The van der Waals surface area contributed by atoms with Crippen LogP contribution in [0.2, 0.25) is 5.15 Å². The number of anilines is 2. The van der Waals surface area contributed by atoms with Crippen LogP contribution in [0.15, 0.2) is 30.6 Å². The molecular weight excluding hydrogens is 264 g/mol. The first kappa shape index (κ1) is 13.3. The number of nitrogen functional groups attached to an aromatic ring is 1. The maximum Gasteiger partial charge on any atom is 0.230 e. The molecule has 0 radical (unpaired) electrons. The van der Waals surface area contributed by atoms with E-state index < -0.39 is 0 Å². The summed E-state index contributed by atoms with van der Waals surface area (Å²) in [4.78, 5) is 19.9. The Kier molecular flexibility index (Phi) is 3.97. The minimum absolute atomic E-state index is 0.158. The molecule has 19 heavy (non-hydrogen) atoms. The highest BCUT2D eigenvalue weighted by Gasteiger charge is 2.10. The molecule has 0 saturated heterocycles. The van der Waals surface area contributed by atoms with Crippen molar-refractivity contribution in [2.45, 2.75) is 13.3 Å². The molecule has 2 heterocycles. The van der Waals surface area contributed by atoms with Crippen molar-refractivity contribution in [2.24, 2.45) is 0 Å². The molecule has 0 spiro atoms. The van der Waals surface area contributed by atoms with Gasteiger partial charge in [-0.25, -0.2) is 4.98 Å². The Morgan fingerprint density at radius 2 is 2.16 bits per heavy atom. The quantitative estimate of drug-likeness (QED) is 0.842. The average Bonchev–Trinajstić information content (AvgIpc) is 2.37. The van der Waals surface area contributed by atoms with E-state index in [1.807, 2.05) is 6.92 Å². The second-order valence-corrected chi connectivity index (χ2v) is 4.46. The van der Waals surface area contributed by atoms with Crippen molar-refractivity contribution < 1.29 is 4.79 Å². The fourth-order valence-corrected chi connectivity index (χ4v) is 1.82. The number of nitrogens with two attached hydrogens (primary N) is 1. The lowest BCUT2D eigenvalue weighted by Gasteiger charge is -2.09. The largest absolute Gasteiger partial charge is 0.397 e. The van der Waals surface area contributed by atoms with E-state index in [2.05, 4.69) is 15.3 Å². The van der Waals surface area contributed by atoms with Crippen LogP contribution in [0.4, 0.5) is 11.4 Å². The van der Waals surface area contributed by atoms with Crippen molar-refractivity contribution >= 4 is 28.9 Å². The molecule has 3 N–H and O–H groups in total. The number of aromatic nitrogens is 2. The van der Waals surface area contributed by atoms with Crippen molar-refractivity contribution in [1.82, 2.24) is 9.97 Å². The van der Waals surface area contributed by atoms with Gasteiger partial charge in [0.25, 0.3) is 0 Å². The molecule has 2 aromatic rings. The second-order valence-electron chi connectivity index (χ2n) is 4.10. The van der Waals surface area contributed by atoms with E-state index in [9.17, 15) is 4.79 Å². The van der Waals surface area contributed by atoms with E-state index in [4.69, 9.17) is 17.3 Å². The summed E-state index contributed by atoms with van der Waals surface area (Å²) in [6.45, 7) is 1.85. The van der Waals surface area contributed by atoms with Crippen molar-refractivity contribution in [3.8, 4) is 0 Å². The normalized spacial score (nSPS) is 10.2. The number of halogens is 1. The van der Waals surface area contributed by atoms with Crippen LogP contribution in [0, 0.1) is 6.92 Å². The highest BCUT2D eigenvalue weighted by atomic mass is 35.5. The van der Waals surface area contributed by atoms with E-state index in [0.717, 1.165) is 5.56 Å². The summed E-state index contributed by atoms with van der Waals surface area (Å²) in [5.74, 6) is -0.199. The topological polar surface area (TPSA) is 80.9 Å². The van der Waals surface area contributed by atoms with E-state index in [0.29, 0.717) is 17.1 Å². The summed E-state index contributed by atoms with van der Waals surface area (Å²) in [5, 5.41) is 3.01. The first-order chi connectivity index (χ1) is 9.06. The van der Waals surface area contributed by atoms with Gasteiger partial charge in [-0.3, -0.25) is 9.78 Å². The Hall–Kier alpha value is -2.14. The molecule has 0 fully saturated rings. The first-order valence-corrected chi connectivity index (χ1v) is 6.05. The predicted octanol–water partition coefficient (Wildman–Crippen LogP) is 2.20. The number of nitrogens with one attached hydrogen (secondary N) is 1. The predicted molar refractivity (Wildman–Crippen MR) is 75.0 cm³/mol. The summed E-state index contributed by atoms with van der Waals surface area (Å²) < 4.78 is 0. The van der Waals surface area contributed by atoms with Crippen LogP contribution >= 0.6 is 11.6 Å². The molecule has 0 unspecified atom stereocenters. The number of hydrogen-bond acceptors (Lipinski definition) is 4. The van der Waals surface area contributed by atoms with Gasteiger partial charge in [0.15, 0.2) is 5.15 Å². The minimum atomic E-state index is -0.199. The Bertz CT molecular complexity index is 578. The lowest BCUT2D eigenvalue weighted by molar-refractivity contribution is -0.115. The lowest BCUT2D eigenvalue weighted by Crippen LogP contribution is -2.16. The van der Waals surface area contributed by atoms with Crippen LogP contribution in [0.1, 0.15) is 11.3 Å². The molecule has 0 bridgehead atoms. The van der Waals surface area contributed by atoms with E-state index in [-0.39, 0.29) is 17.5 Å². The van der Waals surface area contributed by atoms with Gasteiger partial charge in [-0.15, -0.1) is 0 Å². The molecule has 0 aliphatic carbocycles. The molecule has 1 amide bonds. The number of aryl methyl sites for hydroxylation is 1. The third-order valence-corrected chi connectivity index (χ3v) is 2.85. The summed E-state index contributed by atoms with van der Waals surface area (Å²) in [5.41, 5.74) is 8.13. The van der Waals surface area contributed by atoms with E-state index in [1.165, 1.54) is 6.20 Å². The molecule has 0 aromatic carbocycles. The van der Waals surface area contributed by atoms with E-state index >= 15 is 0 Å². The number of carbonyl (C=O) groups is 1. The van der Waals surface area contributed by atoms with Crippen molar-refractivity contribution in [2.75, 3.05) is 11.1 Å². The Labute approximate surface area is 115 Å². The number of pyridine rings is 2. The maximum absolute atomic E-state index is 11.9. The van der Waals surface area contributed by atoms with E-state index in [1.54, 1.807) is 24.4 Å². The molecule has 2 rings (SSSR count). The van der Waals surface area contributed by atoms with Crippen molar-refractivity contribution in [3.63, 3.8) is 0 Å². The van der Waals surface area contributed by atoms with Crippen LogP contribution in [0.25, 0.3) is 0 Å². The van der Waals surface area contributed by atoms with Gasteiger partial charge in [-0.1, -0.05) is 11.6 Å². The van der Waals surface area contributed by atoms with Gasteiger partial charge in [0.2, 0.25) is 5.91 Å². The average molecular weight is 277 g/mol. The van der Waals surface area contributed by atoms with Gasteiger partial charge >= 0.3 is 0 Å². The van der Waals surface area contributed by atoms with Gasteiger partial charge < -0.3 is 11.1 Å². The highest BCUT2D eigenvalue weighted by molar-refractivity contribution is 6.32. The van der Waals surface area contributed by atoms with Gasteiger partial charge in [-0.2, -0.15) is 0 Å². The van der Waals surface area contributed by atoms with Crippen LogP contribution in [0.5, 0.6) is 0 Å². The number of hydrogen-bond donors (Lipinski definition) is 2. The Morgan fingerprint density at radius 3 is 2.79 bits per heavy atom. The lowest BCUT2D eigenvalue weighted by atomic mass is 10.2. The molecule has 98 valence electrons. The third-order valence-electron chi connectivity index (χ3n) is 2.57. The molecule has 5 nitrogen and oxygen atoms in total. The zero-order valence-corrected chi connectivity index (χ0v) is 11.1. The zero-order chi connectivity index (χ0) is 13.8. The molecule has 0 atom stereocenters. The minimum Gasteiger partial charge on any atom is -0.397 e. The first-order valence-electron chi connectivity index (χ1n) is 5.67. The molecule has 0 saturated carbocycles. The fraction of sp³-hybridized carbons (Fsp3) is 0.154. The Balaban J connectivity index is 2.07. The van der Waals surface area contributed by atoms with Crippen molar-refractivity contribution in [3.05, 3.63) is 47.0 Å².